The van der Waals surface area contributed by atoms with Crippen LogP contribution in [0.2, 0.25) is 18.1 Å². The van der Waals surface area contributed by atoms with Crippen LogP contribution in [0.3, 0.4) is 0 Å². The second-order valence-corrected chi connectivity index (χ2v) is 16.0. The minimum Gasteiger partial charge on any atom is -0.426 e. The number of carbonyl (C=O) groups excluding carboxylic acids is 1. The lowest BCUT2D eigenvalue weighted by molar-refractivity contribution is -0.173. The van der Waals surface area contributed by atoms with Crippen LogP contribution in [0, 0.1) is 0 Å². The molecular weight excluding hydrogens is 432 g/mol. The van der Waals surface area contributed by atoms with E-state index in [4.69, 9.17) is 8.84 Å². The lowest BCUT2D eigenvalue weighted by Crippen LogP contribution is -2.73. The maximum Gasteiger partial charge on any atom is 0.245 e. The third kappa shape index (κ3) is 4.28. The zero-order valence-corrected chi connectivity index (χ0v) is 22.0. The Bertz CT molecular complexity index is 960. The first-order chi connectivity index (χ1) is 15.5. The van der Waals surface area contributed by atoms with Crippen LogP contribution < -0.4 is 0 Å². The van der Waals surface area contributed by atoms with Crippen molar-refractivity contribution >= 4 is 14.2 Å². The van der Waals surface area contributed by atoms with Crippen LogP contribution in [-0.4, -0.2) is 58.5 Å². The molecule has 4 unspecified atom stereocenters. The van der Waals surface area contributed by atoms with Crippen molar-refractivity contribution in [3.63, 3.8) is 0 Å². The number of β-lactam (4-membered cyclic amide) rings is 1. The topological polar surface area (TPSA) is 71.7 Å². The third-order valence-electron chi connectivity index (χ3n) is 8.04. The number of hydrogen-bond acceptors (Lipinski definition) is 6. The molecule has 7 nitrogen and oxygen atoms in total. The molecule has 2 saturated heterocycles. The van der Waals surface area contributed by atoms with E-state index in [1.54, 1.807) is 0 Å². The fourth-order valence-corrected chi connectivity index (χ4v) is 6.49. The van der Waals surface area contributed by atoms with Crippen LogP contribution in [0.5, 0.6) is 0 Å². The summed E-state index contributed by atoms with van der Waals surface area (Å²) in [5.74, 6) is 0.599. The first-order valence-corrected chi connectivity index (χ1v) is 14.9. The van der Waals surface area contributed by atoms with Crippen LogP contribution in [0.15, 0.2) is 41.1 Å². The summed E-state index contributed by atoms with van der Waals surface area (Å²) in [4.78, 5) is 18.2. The molecule has 8 heteroatoms. The van der Waals surface area contributed by atoms with E-state index >= 15 is 0 Å². The summed E-state index contributed by atoms with van der Waals surface area (Å²) in [5, 5.41) is 8.16. The monoisotopic (exact) mass is 470 g/mol. The Labute approximate surface area is 198 Å². The summed E-state index contributed by atoms with van der Waals surface area (Å²) in [5.41, 5.74) is 0.782. The Hall–Kier alpha value is -2.03. The van der Waals surface area contributed by atoms with Gasteiger partial charge in [-0.25, -0.2) is 0 Å². The molecule has 2 aliphatic heterocycles. The van der Waals surface area contributed by atoms with Crippen LogP contribution in [0.1, 0.15) is 65.0 Å². The molecule has 4 rings (SSSR count). The number of rotatable bonds is 7. The fourth-order valence-electron chi connectivity index (χ4n) is 5.08. The van der Waals surface area contributed by atoms with E-state index in [-0.39, 0.29) is 23.1 Å². The van der Waals surface area contributed by atoms with Crippen molar-refractivity contribution in [1.29, 1.82) is 0 Å². The minimum absolute atomic E-state index is 0.0637. The predicted octanol–water partition coefficient (Wildman–Crippen LogP) is 4.79. The van der Waals surface area contributed by atoms with Crippen molar-refractivity contribution in [3.8, 4) is 0 Å². The zero-order chi connectivity index (χ0) is 24.0. The lowest BCUT2D eigenvalue weighted by atomic mass is 9.83. The van der Waals surface area contributed by atoms with Gasteiger partial charge in [0.2, 0.25) is 18.2 Å². The second-order valence-electron chi connectivity index (χ2n) is 11.3. The first kappa shape index (κ1) is 24.1. The fraction of sp³-hybridized carbons (Fsp3) is 0.640. The molecule has 2 fully saturated rings. The zero-order valence-electron chi connectivity index (χ0n) is 21.0. The van der Waals surface area contributed by atoms with Gasteiger partial charge in [-0.3, -0.25) is 9.69 Å². The molecule has 0 N–H and O–H groups in total. The number of aromatic nitrogens is 2. The van der Waals surface area contributed by atoms with E-state index in [1.165, 1.54) is 12.0 Å². The summed E-state index contributed by atoms with van der Waals surface area (Å²) < 4.78 is 12.3. The maximum atomic E-state index is 13.9. The Morgan fingerprint density at radius 1 is 1.27 bits per heavy atom. The van der Waals surface area contributed by atoms with Crippen LogP contribution >= 0.6 is 0 Å². The molecular formula is C25H38N4O3Si. The molecule has 0 aliphatic carbocycles. The maximum absolute atomic E-state index is 13.9. The van der Waals surface area contributed by atoms with Gasteiger partial charge in [0.1, 0.15) is 11.6 Å². The molecule has 2 aromatic rings. The molecule has 1 amide bonds. The van der Waals surface area contributed by atoms with Gasteiger partial charge in [0.25, 0.3) is 0 Å². The van der Waals surface area contributed by atoms with E-state index in [2.05, 4.69) is 80.2 Å². The highest BCUT2D eigenvalue weighted by atomic mass is 28.4. The van der Waals surface area contributed by atoms with Gasteiger partial charge in [-0.05, 0) is 50.4 Å². The quantitative estimate of drug-likeness (QED) is 0.428. The average Bonchev–Trinajstić information content (AvgIpc) is 3.38. The molecule has 180 valence electrons. The Kier molecular flexibility index (Phi) is 6.31. The van der Waals surface area contributed by atoms with Gasteiger partial charge in [-0.1, -0.05) is 51.1 Å². The Balaban J connectivity index is 1.57. The summed E-state index contributed by atoms with van der Waals surface area (Å²) >= 11 is 0. The van der Waals surface area contributed by atoms with Gasteiger partial charge in [0.05, 0.1) is 6.10 Å². The third-order valence-corrected chi connectivity index (χ3v) is 12.6. The van der Waals surface area contributed by atoms with Crippen molar-refractivity contribution in [3.05, 3.63) is 48.2 Å². The van der Waals surface area contributed by atoms with E-state index in [0.29, 0.717) is 18.5 Å². The first-order valence-electron chi connectivity index (χ1n) is 12.0. The number of amides is 1. The summed E-state index contributed by atoms with van der Waals surface area (Å²) in [6.45, 7) is 16.8. The Morgan fingerprint density at radius 3 is 2.55 bits per heavy atom. The number of nitrogens with zero attached hydrogens (tertiary/aromatic N) is 4. The number of carbonyl (C=O) groups is 1. The van der Waals surface area contributed by atoms with Crippen LogP contribution in [0.4, 0.5) is 0 Å². The highest BCUT2D eigenvalue weighted by Crippen LogP contribution is 2.47. The van der Waals surface area contributed by atoms with Gasteiger partial charge < -0.3 is 13.7 Å². The van der Waals surface area contributed by atoms with Gasteiger partial charge in [-0.15, -0.1) is 10.2 Å². The van der Waals surface area contributed by atoms with E-state index in [9.17, 15) is 4.79 Å². The van der Waals surface area contributed by atoms with Crippen molar-refractivity contribution < 1.29 is 13.6 Å². The SMILES string of the molecule is CC(O[Si](C)(C)C(C)(C)C)C(c1nnco1)N1CC2(CCC(C)N2Cc2ccccc2)C1=O. The van der Waals surface area contributed by atoms with Crippen molar-refractivity contribution in [1.82, 2.24) is 20.0 Å². The van der Waals surface area contributed by atoms with Crippen molar-refractivity contribution in [2.75, 3.05) is 6.54 Å². The number of benzene rings is 1. The van der Waals surface area contributed by atoms with Crippen LogP contribution in [0.25, 0.3) is 0 Å². The lowest BCUT2D eigenvalue weighted by Gasteiger charge is -2.55. The van der Waals surface area contributed by atoms with Gasteiger partial charge in [-0.2, -0.15) is 0 Å². The van der Waals surface area contributed by atoms with Gasteiger partial charge in [0.15, 0.2) is 8.32 Å². The van der Waals surface area contributed by atoms with Crippen LogP contribution in [-0.2, 0) is 15.8 Å². The highest BCUT2D eigenvalue weighted by molar-refractivity contribution is 6.74. The molecule has 1 aromatic carbocycles. The number of likely N-dealkylation sites (tertiary alicyclic amines) is 2. The molecule has 3 heterocycles. The molecule has 0 saturated carbocycles. The molecule has 0 bridgehead atoms. The summed E-state index contributed by atoms with van der Waals surface area (Å²) in [6, 6.07) is 10.4. The van der Waals surface area contributed by atoms with Crippen molar-refractivity contribution in [2.45, 2.75) is 95.9 Å². The molecule has 2 aliphatic rings. The smallest absolute Gasteiger partial charge is 0.245 e. The molecule has 1 aromatic heterocycles. The van der Waals surface area contributed by atoms with Gasteiger partial charge >= 0.3 is 0 Å². The van der Waals surface area contributed by atoms with Crippen molar-refractivity contribution in [2.24, 2.45) is 0 Å². The standard InChI is InChI=1S/C25H38N4O3Si/c1-18-13-14-25(29(18)15-20-11-9-8-10-12-20)16-28(23(25)30)21(22-27-26-17-31-22)19(2)32-33(6,7)24(3,4)5/h8-12,17-19,21H,13-16H2,1-7H3. The average molecular weight is 471 g/mol. The molecule has 0 radical (unpaired) electrons. The predicted molar refractivity (Wildman–Crippen MR) is 130 cm³/mol. The minimum atomic E-state index is -2.05. The van der Waals surface area contributed by atoms with E-state index in [0.717, 1.165) is 19.4 Å². The summed E-state index contributed by atoms with van der Waals surface area (Å²) in [7, 11) is -2.05. The summed E-state index contributed by atoms with van der Waals surface area (Å²) in [6.07, 6.45) is 2.99. The normalized spacial score (nSPS) is 26.0. The second kappa shape index (κ2) is 8.63. The highest BCUT2D eigenvalue weighted by Gasteiger charge is 2.62. The number of hydrogen-bond donors (Lipinski definition) is 0. The van der Waals surface area contributed by atoms with E-state index < -0.39 is 13.9 Å². The largest absolute Gasteiger partial charge is 0.426 e. The van der Waals surface area contributed by atoms with Gasteiger partial charge in [0, 0.05) is 19.1 Å². The molecule has 4 atom stereocenters. The molecule has 1 spiro atoms. The Morgan fingerprint density at radius 2 is 1.97 bits per heavy atom. The molecule has 33 heavy (non-hydrogen) atoms. The van der Waals surface area contributed by atoms with E-state index in [1.807, 2.05) is 17.9 Å².